The fourth-order valence-electron chi connectivity index (χ4n) is 2.23. The first-order valence-corrected chi connectivity index (χ1v) is 5.84. The SMILES string of the molecule is C=CCC(N)C(C)(CC)N1CCOCC1. The van der Waals surface area contributed by atoms with Crippen LogP contribution in [0, 0.1) is 0 Å². The molecule has 0 aromatic carbocycles. The molecular weight excluding hydrogens is 188 g/mol. The summed E-state index contributed by atoms with van der Waals surface area (Å²) in [7, 11) is 0. The second kappa shape index (κ2) is 5.64. The molecule has 2 atom stereocenters. The normalized spacial score (nSPS) is 24.5. The second-order valence-electron chi connectivity index (χ2n) is 4.44. The number of ether oxygens (including phenoxy) is 1. The molecule has 0 bridgehead atoms. The standard InChI is InChI=1S/C12H24N2O/c1-4-6-11(13)12(3,5-2)14-7-9-15-10-8-14/h4,11H,1,5-10,13H2,2-3H3. The number of hydrogen-bond acceptors (Lipinski definition) is 3. The highest BCUT2D eigenvalue weighted by Gasteiger charge is 2.36. The van der Waals surface area contributed by atoms with Gasteiger partial charge in [0.15, 0.2) is 0 Å². The third-order valence-corrected chi connectivity index (χ3v) is 3.67. The molecule has 1 fully saturated rings. The van der Waals surface area contributed by atoms with Crippen molar-refractivity contribution in [1.82, 2.24) is 4.90 Å². The monoisotopic (exact) mass is 212 g/mol. The lowest BCUT2D eigenvalue weighted by atomic mass is 9.85. The highest BCUT2D eigenvalue weighted by Crippen LogP contribution is 2.25. The lowest BCUT2D eigenvalue weighted by Crippen LogP contribution is -2.60. The molecule has 0 aromatic heterocycles. The molecular formula is C12H24N2O. The van der Waals surface area contributed by atoms with Crippen LogP contribution < -0.4 is 5.73 Å². The first-order valence-electron chi connectivity index (χ1n) is 5.84. The fourth-order valence-corrected chi connectivity index (χ4v) is 2.23. The number of nitrogens with zero attached hydrogens (tertiary/aromatic N) is 1. The Kier molecular flexibility index (Phi) is 4.77. The lowest BCUT2D eigenvalue weighted by molar-refractivity contribution is -0.0269. The van der Waals surface area contributed by atoms with Crippen molar-refractivity contribution >= 4 is 0 Å². The van der Waals surface area contributed by atoms with Gasteiger partial charge in [-0.3, -0.25) is 4.90 Å². The Hall–Kier alpha value is -0.380. The highest BCUT2D eigenvalue weighted by molar-refractivity contribution is 4.97. The van der Waals surface area contributed by atoms with Crippen molar-refractivity contribution in [1.29, 1.82) is 0 Å². The summed E-state index contributed by atoms with van der Waals surface area (Å²) in [6.45, 7) is 11.9. The van der Waals surface area contributed by atoms with Gasteiger partial charge in [-0.2, -0.15) is 0 Å². The Balaban J connectivity index is 2.67. The van der Waals surface area contributed by atoms with Gasteiger partial charge in [-0.25, -0.2) is 0 Å². The smallest absolute Gasteiger partial charge is 0.0594 e. The number of morpholine rings is 1. The second-order valence-corrected chi connectivity index (χ2v) is 4.44. The minimum Gasteiger partial charge on any atom is -0.379 e. The van der Waals surface area contributed by atoms with E-state index in [1.54, 1.807) is 0 Å². The van der Waals surface area contributed by atoms with Crippen LogP contribution in [0.25, 0.3) is 0 Å². The van der Waals surface area contributed by atoms with Crippen molar-refractivity contribution < 1.29 is 4.74 Å². The van der Waals surface area contributed by atoms with Gasteiger partial charge in [0, 0.05) is 24.7 Å². The maximum Gasteiger partial charge on any atom is 0.0594 e. The van der Waals surface area contributed by atoms with Crippen LogP contribution in [0.3, 0.4) is 0 Å². The summed E-state index contributed by atoms with van der Waals surface area (Å²) in [6.07, 6.45) is 3.86. The van der Waals surface area contributed by atoms with Gasteiger partial charge in [-0.1, -0.05) is 13.0 Å². The lowest BCUT2D eigenvalue weighted by Gasteiger charge is -2.46. The van der Waals surface area contributed by atoms with Crippen molar-refractivity contribution in [3.05, 3.63) is 12.7 Å². The summed E-state index contributed by atoms with van der Waals surface area (Å²) in [6, 6.07) is 0.165. The van der Waals surface area contributed by atoms with Crippen molar-refractivity contribution in [3.8, 4) is 0 Å². The summed E-state index contributed by atoms with van der Waals surface area (Å²) < 4.78 is 5.38. The van der Waals surface area contributed by atoms with Crippen LogP contribution in [-0.4, -0.2) is 42.8 Å². The molecule has 2 N–H and O–H groups in total. The molecule has 0 aliphatic carbocycles. The molecule has 1 aliphatic rings. The van der Waals surface area contributed by atoms with E-state index in [1.807, 2.05) is 6.08 Å². The molecule has 3 nitrogen and oxygen atoms in total. The van der Waals surface area contributed by atoms with E-state index < -0.39 is 0 Å². The quantitative estimate of drug-likeness (QED) is 0.700. The number of hydrogen-bond donors (Lipinski definition) is 1. The first-order chi connectivity index (χ1) is 7.15. The predicted molar refractivity (Wildman–Crippen MR) is 63.9 cm³/mol. The van der Waals surface area contributed by atoms with Crippen molar-refractivity contribution in [3.63, 3.8) is 0 Å². The zero-order valence-corrected chi connectivity index (χ0v) is 10.0. The van der Waals surface area contributed by atoms with Crippen molar-refractivity contribution in [2.45, 2.75) is 38.3 Å². The molecule has 88 valence electrons. The van der Waals surface area contributed by atoms with Gasteiger partial charge in [-0.15, -0.1) is 6.58 Å². The van der Waals surface area contributed by atoms with Gasteiger partial charge >= 0.3 is 0 Å². The van der Waals surface area contributed by atoms with E-state index >= 15 is 0 Å². The van der Waals surface area contributed by atoms with Gasteiger partial charge in [0.2, 0.25) is 0 Å². The van der Waals surface area contributed by atoms with Gasteiger partial charge < -0.3 is 10.5 Å². The molecule has 1 heterocycles. The van der Waals surface area contributed by atoms with E-state index in [-0.39, 0.29) is 11.6 Å². The maximum absolute atomic E-state index is 6.25. The Bertz CT molecular complexity index is 202. The van der Waals surface area contributed by atoms with Crippen LogP contribution in [0.5, 0.6) is 0 Å². The number of rotatable bonds is 5. The molecule has 1 rings (SSSR count). The van der Waals surface area contributed by atoms with Gasteiger partial charge in [0.25, 0.3) is 0 Å². The molecule has 3 heteroatoms. The predicted octanol–water partition coefficient (Wildman–Crippen LogP) is 1.39. The summed E-state index contributed by atoms with van der Waals surface area (Å²) in [5, 5.41) is 0. The van der Waals surface area contributed by atoms with Gasteiger partial charge in [0.05, 0.1) is 13.2 Å². The fraction of sp³-hybridized carbons (Fsp3) is 0.833. The molecule has 1 saturated heterocycles. The van der Waals surface area contributed by atoms with Gasteiger partial charge in [-0.05, 0) is 19.8 Å². The zero-order valence-electron chi connectivity index (χ0n) is 10.0. The van der Waals surface area contributed by atoms with E-state index in [0.29, 0.717) is 0 Å². The van der Waals surface area contributed by atoms with E-state index in [1.165, 1.54) is 0 Å². The Morgan fingerprint density at radius 2 is 2.13 bits per heavy atom. The minimum absolute atomic E-state index is 0.0813. The molecule has 0 spiro atoms. The van der Waals surface area contributed by atoms with Crippen LogP contribution in [-0.2, 0) is 4.74 Å². The number of nitrogens with two attached hydrogens (primary N) is 1. The minimum atomic E-state index is 0.0813. The van der Waals surface area contributed by atoms with E-state index in [2.05, 4.69) is 25.3 Å². The van der Waals surface area contributed by atoms with Crippen LogP contribution >= 0.6 is 0 Å². The van der Waals surface area contributed by atoms with E-state index in [4.69, 9.17) is 10.5 Å². The molecule has 0 radical (unpaired) electrons. The summed E-state index contributed by atoms with van der Waals surface area (Å²) in [5.41, 5.74) is 6.33. The van der Waals surface area contributed by atoms with Crippen molar-refractivity contribution in [2.24, 2.45) is 5.73 Å². The molecule has 0 aromatic rings. The van der Waals surface area contributed by atoms with Crippen LogP contribution in [0.15, 0.2) is 12.7 Å². The summed E-state index contributed by atoms with van der Waals surface area (Å²) in [5.74, 6) is 0. The van der Waals surface area contributed by atoms with Gasteiger partial charge in [0.1, 0.15) is 0 Å². The average molecular weight is 212 g/mol. The topological polar surface area (TPSA) is 38.5 Å². The molecule has 15 heavy (non-hydrogen) atoms. The van der Waals surface area contributed by atoms with E-state index in [0.717, 1.165) is 39.1 Å². The summed E-state index contributed by atoms with van der Waals surface area (Å²) >= 11 is 0. The van der Waals surface area contributed by atoms with E-state index in [9.17, 15) is 0 Å². The molecule has 1 aliphatic heterocycles. The maximum atomic E-state index is 6.25. The van der Waals surface area contributed by atoms with Crippen molar-refractivity contribution in [2.75, 3.05) is 26.3 Å². The average Bonchev–Trinajstić information content (AvgIpc) is 2.29. The Morgan fingerprint density at radius 1 is 1.53 bits per heavy atom. The third-order valence-electron chi connectivity index (χ3n) is 3.67. The van der Waals surface area contributed by atoms with Crippen LogP contribution in [0.4, 0.5) is 0 Å². The third kappa shape index (κ3) is 2.80. The largest absolute Gasteiger partial charge is 0.379 e. The zero-order chi connectivity index (χ0) is 11.3. The first kappa shape index (κ1) is 12.7. The van der Waals surface area contributed by atoms with Crippen LogP contribution in [0.1, 0.15) is 26.7 Å². The Labute approximate surface area is 93.3 Å². The Morgan fingerprint density at radius 3 is 2.60 bits per heavy atom. The molecule has 2 unspecified atom stereocenters. The van der Waals surface area contributed by atoms with Crippen LogP contribution in [0.2, 0.25) is 0 Å². The highest BCUT2D eigenvalue weighted by atomic mass is 16.5. The molecule has 0 saturated carbocycles. The summed E-state index contributed by atoms with van der Waals surface area (Å²) in [4.78, 5) is 2.46. The molecule has 0 amide bonds.